The van der Waals surface area contributed by atoms with Crippen molar-refractivity contribution in [2.75, 3.05) is 13.1 Å². The second-order valence-electron chi connectivity index (χ2n) is 4.76. The molecule has 4 nitrogen and oxygen atoms in total. The van der Waals surface area contributed by atoms with Crippen molar-refractivity contribution in [3.05, 3.63) is 0 Å². The molecule has 88 valence electrons. The van der Waals surface area contributed by atoms with Crippen molar-refractivity contribution in [3.63, 3.8) is 0 Å². The third-order valence-corrected chi connectivity index (χ3v) is 2.94. The van der Waals surface area contributed by atoms with E-state index in [1.165, 1.54) is 0 Å². The summed E-state index contributed by atoms with van der Waals surface area (Å²) in [7, 11) is 0. The van der Waals surface area contributed by atoms with Crippen LogP contribution in [0.2, 0.25) is 0 Å². The van der Waals surface area contributed by atoms with Crippen LogP contribution in [0.3, 0.4) is 0 Å². The average Bonchev–Trinajstić information content (AvgIpc) is 2.15. The third kappa shape index (κ3) is 4.55. The normalized spacial score (nSPS) is 19.1. The van der Waals surface area contributed by atoms with Crippen molar-refractivity contribution in [2.45, 2.75) is 45.3 Å². The van der Waals surface area contributed by atoms with Crippen molar-refractivity contribution in [3.8, 4) is 0 Å². The van der Waals surface area contributed by atoms with Crippen molar-refractivity contribution >= 4 is 29.1 Å². The number of halogens is 1. The second-order valence-corrected chi connectivity index (χ2v) is 5.26. The molecule has 1 amide bonds. The fraction of sp³-hybridized carbons (Fsp3) is 0.900. The van der Waals surface area contributed by atoms with Crippen LogP contribution in [0.25, 0.3) is 0 Å². The predicted molar refractivity (Wildman–Crippen MR) is 65.9 cm³/mol. The number of carbonyl (C=O) groups is 1. The van der Waals surface area contributed by atoms with Crippen molar-refractivity contribution in [2.24, 2.45) is 0 Å². The maximum absolute atomic E-state index is 11.7. The van der Waals surface area contributed by atoms with E-state index in [4.69, 9.17) is 7.80 Å². The van der Waals surface area contributed by atoms with E-state index in [1.807, 2.05) is 43.8 Å². The highest BCUT2D eigenvalue weighted by molar-refractivity contribution is 14.1. The van der Waals surface area contributed by atoms with Gasteiger partial charge in [0, 0.05) is 13.1 Å². The Bertz CT molecular complexity index is 219. The van der Waals surface area contributed by atoms with E-state index in [1.54, 1.807) is 4.90 Å². The largest absolute Gasteiger partial charge is 0.444 e. The molecule has 15 heavy (non-hydrogen) atoms. The number of hydrogen-bond donors (Lipinski definition) is 0. The Morgan fingerprint density at radius 3 is 2.27 bits per heavy atom. The van der Waals surface area contributed by atoms with Crippen LogP contribution in [-0.4, -0.2) is 35.8 Å². The number of ether oxygens (including phenoxy) is 1. The quantitative estimate of drug-likeness (QED) is 0.695. The maximum atomic E-state index is 11.7. The first-order chi connectivity index (χ1) is 6.92. The van der Waals surface area contributed by atoms with Crippen molar-refractivity contribution < 1.29 is 12.6 Å². The van der Waals surface area contributed by atoms with E-state index < -0.39 is 5.60 Å². The lowest BCUT2D eigenvalue weighted by molar-refractivity contribution is 0.0155. The second kappa shape index (κ2) is 5.34. The van der Waals surface area contributed by atoms with Crippen LogP contribution < -0.4 is 0 Å². The van der Waals surface area contributed by atoms with Gasteiger partial charge in [0.15, 0.2) is 0 Å². The number of amides is 1. The summed E-state index contributed by atoms with van der Waals surface area (Å²) < 4.78 is 10.5. The van der Waals surface area contributed by atoms with Crippen LogP contribution in [0.15, 0.2) is 0 Å². The van der Waals surface area contributed by atoms with Gasteiger partial charge in [0.25, 0.3) is 0 Å². The Balaban J connectivity index is 2.37. The molecule has 0 aromatic heterocycles. The summed E-state index contributed by atoms with van der Waals surface area (Å²) >= 11 is 1.92. The Morgan fingerprint density at radius 2 is 1.87 bits per heavy atom. The molecule has 1 fully saturated rings. The summed E-state index contributed by atoms with van der Waals surface area (Å²) in [5, 5.41) is 0. The van der Waals surface area contributed by atoms with E-state index in [0.717, 1.165) is 25.9 Å². The summed E-state index contributed by atoms with van der Waals surface area (Å²) in [5.41, 5.74) is -0.409. The van der Waals surface area contributed by atoms with Gasteiger partial charge in [0.1, 0.15) is 28.6 Å². The molecule has 0 aromatic carbocycles. The maximum Gasteiger partial charge on any atom is 0.410 e. The van der Waals surface area contributed by atoms with Gasteiger partial charge in [0.05, 0.1) is 6.10 Å². The third-order valence-electron chi connectivity index (χ3n) is 2.22. The predicted octanol–water partition coefficient (Wildman–Crippen LogP) is 2.75. The summed E-state index contributed by atoms with van der Waals surface area (Å²) in [6, 6.07) is 0. The van der Waals surface area contributed by atoms with E-state index in [2.05, 4.69) is 0 Å². The molecule has 1 aliphatic heterocycles. The fourth-order valence-electron chi connectivity index (χ4n) is 1.45. The van der Waals surface area contributed by atoms with Crippen molar-refractivity contribution in [1.29, 1.82) is 0 Å². The molecule has 0 spiro atoms. The molecule has 1 saturated heterocycles. The molecule has 0 unspecified atom stereocenters. The molecule has 1 aliphatic rings. The molecule has 0 radical (unpaired) electrons. The first kappa shape index (κ1) is 13.0. The van der Waals surface area contributed by atoms with Crippen molar-refractivity contribution in [1.82, 2.24) is 4.90 Å². The zero-order valence-electron chi connectivity index (χ0n) is 9.46. The summed E-state index contributed by atoms with van der Waals surface area (Å²) in [5.74, 6) is 0. The van der Waals surface area contributed by atoms with E-state index in [0.29, 0.717) is 0 Å². The smallest absolute Gasteiger partial charge is 0.410 e. The lowest BCUT2D eigenvalue weighted by atomic mass is 10.1. The van der Waals surface area contributed by atoms with Crippen LogP contribution in [-0.2, 0) is 7.80 Å². The number of nitrogens with zero attached hydrogens (tertiary/aromatic N) is 1. The number of likely N-dealkylation sites (tertiary alicyclic amines) is 1. The monoisotopic (exact) mass is 327 g/mol. The molecule has 0 atom stereocenters. The molecule has 0 aliphatic carbocycles. The minimum Gasteiger partial charge on any atom is -0.444 e. The fourth-order valence-corrected chi connectivity index (χ4v) is 1.96. The number of hydrogen-bond acceptors (Lipinski definition) is 3. The van der Waals surface area contributed by atoms with Gasteiger partial charge in [-0.05, 0) is 33.6 Å². The highest BCUT2D eigenvalue weighted by atomic mass is 127. The van der Waals surface area contributed by atoms with Gasteiger partial charge in [-0.1, -0.05) is 0 Å². The van der Waals surface area contributed by atoms with Gasteiger partial charge >= 0.3 is 6.09 Å². The summed E-state index contributed by atoms with van der Waals surface area (Å²) in [4.78, 5) is 13.4. The van der Waals surface area contributed by atoms with E-state index in [-0.39, 0.29) is 12.2 Å². The van der Waals surface area contributed by atoms with Gasteiger partial charge in [-0.2, -0.15) is 0 Å². The highest BCUT2D eigenvalue weighted by Gasteiger charge is 2.26. The first-order valence-corrected chi connectivity index (χ1v) is 6.06. The first-order valence-electron chi connectivity index (χ1n) is 5.17. The van der Waals surface area contributed by atoms with Gasteiger partial charge < -0.3 is 12.7 Å². The lowest BCUT2D eigenvalue weighted by Crippen LogP contribution is -2.43. The minimum absolute atomic E-state index is 0.214. The van der Waals surface area contributed by atoms with Gasteiger partial charge in [-0.25, -0.2) is 4.79 Å². The molecule has 1 heterocycles. The Hall–Kier alpha value is -0.0400. The Labute approximate surface area is 105 Å². The highest BCUT2D eigenvalue weighted by Crippen LogP contribution is 2.18. The molecule has 0 saturated carbocycles. The minimum atomic E-state index is -0.409. The topological polar surface area (TPSA) is 38.8 Å². The Morgan fingerprint density at radius 1 is 1.33 bits per heavy atom. The van der Waals surface area contributed by atoms with Crippen LogP contribution in [0.4, 0.5) is 4.79 Å². The number of carbonyl (C=O) groups excluding carboxylic acids is 1. The number of rotatable bonds is 1. The molecule has 0 aromatic rings. The molecular formula is C10H18INO3. The van der Waals surface area contributed by atoms with E-state index >= 15 is 0 Å². The molecule has 0 bridgehead atoms. The number of piperidine rings is 1. The molecule has 1 rings (SSSR count). The van der Waals surface area contributed by atoms with Crippen LogP contribution in [0, 0.1) is 0 Å². The summed E-state index contributed by atoms with van der Waals surface area (Å²) in [6.45, 7) is 7.09. The zero-order valence-corrected chi connectivity index (χ0v) is 11.6. The molecule has 5 heteroatoms. The molecular weight excluding hydrogens is 309 g/mol. The lowest BCUT2D eigenvalue weighted by Gasteiger charge is -2.32. The molecule has 0 N–H and O–H groups in total. The Kier molecular flexibility index (Phi) is 4.64. The van der Waals surface area contributed by atoms with Crippen LogP contribution >= 0.6 is 23.0 Å². The van der Waals surface area contributed by atoms with E-state index in [9.17, 15) is 4.79 Å². The van der Waals surface area contributed by atoms with Crippen LogP contribution in [0.1, 0.15) is 33.6 Å². The van der Waals surface area contributed by atoms with Gasteiger partial charge in [-0.15, -0.1) is 0 Å². The van der Waals surface area contributed by atoms with Gasteiger partial charge in [0.2, 0.25) is 0 Å². The van der Waals surface area contributed by atoms with Gasteiger partial charge in [-0.3, -0.25) is 0 Å². The zero-order chi connectivity index (χ0) is 11.5. The average molecular weight is 327 g/mol. The van der Waals surface area contributed by atoms with Crippen LogP contribution in [0.5, 0.6) is 0 Å². The summed E-state index contributed by atoms with van der Waals surface area (Å²) in [6.07, 6.45) is 1.85. The SMILES string of the molecule is CC(C)(C)OC(=O)N1CCC(OI)CC1. The standard InChI is InChI=1S/C10H18INO3/c1-10(2,3)14-9(13)12-6-4-8(15-11)5-7-12/h8H,4-7H2,1-3H3.